The molecule has 0 radical (unpaired) electrons. The number of hydrogen-bond donors (Lipinski definition) is 1. The van der Waals surface area contributed by atoms with Gasteiger partial charge in [0, 0.05) is 31.2 Å². The molecule has 7 heteroatoms. The highest BCUT2D eigenvalue weighted by atomic mass is 16.2. The highest BCUT2D eigenvalue weighted by Crippen LogP contribution is 2.22. The molecule has 2 fully saturated rings. The summed E-state index contributed by atoms with van der Waals surface area (Å²) in [5, 5.41) is 0.424. The normalized spacial score (nSPS) is 17.8. The number of rotatable bonds is 5. The van der Waals surface area contributed by atoms with Gasteiger partial charge in [-0.1, -0.05) is 36.8 Å². The number of piperidine rings is 2. The van der Waals surface area contributed by atoms with Gasteiger partial charge in [-0.3, -0.25) is 14.2 Å². The molecule has 0 atom stereocenters. The number of nitrogens with one attached hydrogen (secondary N) is 1. The minimum absolute atomic E-state index is 0.0342. The van der Waals surface area contributed by atoms with Crippen LogP contribution in [0.1, 0.15) is 48.0 Å². The lowest BCUT2D eigenvalue weighted by Gasteiger charge is -2.40. The number of fused-ring (bicyclic) bond motifs is 1. The van der Waals surface area contributed by atoms with Crippen LogP contribution in [0.5, 0.6) is 0 Å². The predicted molar refractivity (Wildman–Crippen MR) is 133 cm³/mol. The van der Waals surface area contributed by atoms with Crippen LogP contribution in [0.2, 0.25) is 0 Å². The number of likely N-dealkylation sites (tertiary alicyclic amines) is 2. The number of nitrogens with zero attached hydrogens (tertiary/aromatic N) is 3. The van der Waals surface area contributed by atoms with Crippen molar-refractivity contribution < 1.29 is 4.79 Å². The topological polar surface area (TPSA) is 78.4 Å². The molecular weight excluding hydrogens is 428 g/mol. The number of carbonyl (C=O) groups excluding carboxylic acids is 1. The standard InChI is InChI=1S/C27H32N4O3/c32-25(30-16-12-22(13-17-30)29-14-5-2-6-15-29)21-9-10-23-24(19-21)28-27(34)31(26(23)33)18-11-20-7-3-1-4-8-20/h1,3-4,7-10,19,22H,2,5-6,11-18H2,(H,28,34). The Kier molecular flexibility index (Phi) is 6.63. The summed E-state index contributed by atoms with van der Waals surface area (Å²) in [6, 6.07) is 15.4. The van der Waals surface area contributed by atoms with E-state index in [9.17, 15) is 14.4 Å². The largest absolute Gasteiger partial charge is 0.339 e. The van der Waals surface area contributed by atoms with E-state index in [1.807, 2.05) is 35.2 Å². The number of aromatic nitrogens is 2. The number of benzene rings is 2. The molecule has 1 N–H and O–H groups in total. The Morgan fingerprint density at radius 3 is 2.38 bits per heavy atom. The van der Waals surface area contributed by atoms with Crippen molar-refractivity contribution in [3.63, 3.8) is 0 Å². The van der Waals surface area contributed by atoms with Gasteiger partial charge in [0.1, 0.15) is 0 Å². The first-order valence-electron chi connectivity index (χ1n) is 12.4. The Balaban J connectivity index is 1.29. The van der Waals surface area contributed by atoms with Crippen molar-refractivity contribution >= 4 is 16.8 Å². The lowest BCUT2D eigenvalue weighted by Crippen LogP contribution is -2.48. The molecule has 34 heavy (non-hydrogen) atoms. The average molecular weight is 461 g/mol. The van der Waals surface area contributed by atoms with E-state index in [1.54, 1.807) is 18.2 Å². The van der Waals surface area contributed by atoms with Gasteiger partial charge in [-0.05, 0) is 69.0 Å². The minimum atomic E-state index is -0.444. The zero-order valence-corrected chi connectivity index (χ0v) is 19.5. The van der Waals surface area contributed by atoms with Gasteiger partial charge in [-0.15, -0.1) is 0 Å². The average Bonchev–Trinajstić information content (AvgIpc) is 2.89. The third-order valence-electron chi connectivity index (χ3n) is 7.35. The maximum absolute atomic E-state index is 13.2. The van der Waals surface area contributed by atoms with Crippen molar-refractivity contribution in [2.24, 2.45) is 0 Å². The summed E-state index contributed by atoms with van der Waals surface area (Å²) in [5.41, 5.74) is 1.23. The Morgan fingerprint density at radius 1 is 0.912 bits per heavy atom. The number of carbonyl (C=O) groups is 1. The van der Waals surface area contributed by atoms with Gasteiger partial charge in [-0.25, -0.2) is 4.79 Å². The second-order valence-electron chi connectivity index (χ2n) is 9.50. The molecule has 5 rings (SSSR count). The van der Waals surface area contributed by atoms with Gasteiger partial charge in [0.15, 0.2) is 0 Å². The van der Waals surface area contributed by atoms with Crippen molar-refractivity contribution in [3.8, 4) is 0 Å². The first-order valence-corrected chi connectivity index (χ1v) is 12.4. The molecule has 1 amide bonds. The maximum atomic E-state index is 13.2. The molecule has 2 aliphatic heterocycles. The zero-order chi connectivity index (χ0) is 23.5. The third-order valence-corrected chi connectivity index (χ3v) is 7.35. The molecule has 2 aromatic carbocycles. The van der Waals surface area contributed by atoms with Crippen molar-refractivity contribution in [1.82, 2.24) is 19.4 Å². The van der Waals surface area contributed by atoms with Crippen molar-refractivity contribution in [1.29, 1.82) is 0 Å². The predicted octanol–water partition coefficient (Wildman–Crippen LogP) is 3.02. The molecule has 0 spiro atoms. The van der Waals surface area contributed by atoms with Crippen molar-refractivity contribution in [2.45, 2.75) is 51.1 Å². The van der Waals surface area contributed by atoms with Crippen LogP contribution in [0, 0.1) is 0 Å². The van der Waals surface area contributed by atoms with E-state index in [0.29, 0.717) is 35.5 Å². The molecule has 0 saturated carbocycles. The first kappa shape index (κ1) is 22.6. The molecule has 178 valence electrons. The van der Waals surface area contributed by atoms with Gasteiger partial charge >= 0.3 is 5.69 Å². The summed E-state index contributed by atoms with van der Waals surface area (Å²) in [6.45, 7) is 4.16. The number of amides is 1. The van der Waals surface area contributed by atoms with Crippen LogP contribution in [0.25, 0.3) is 10.9 Å². The SMILES string of the molecule is O=C(c1ccc2c(=O)n(CCc3ccccc3)c(=O)[nH]c2c1)N1CCC(N2CCCCC2)CC1. The van der Waals surface area contributed by atoms with Gasteiger partial charge in [0.05, 0.1) is 10.9 Å². The summed E-state index contributed by atoms with van der Waals surface area (Å²) >= 11 is 0. The van der Waals surface area contributed by atoms with Crippen LogP contribution >= 0.6 is 0 Å². The molecular formula is C27H32N4O3. The molecule has 0 unspecified atom stereocenters. The lowest BCUT2D eigenvalue weighted by atomic mass is 9.99. The van der Waals surface area contributed by atoms with Crippen LogP contribution in [-0.4, -0.2) is 57.5 Å². The highest BCUT2D eigenvalue weighted by Gasteiger charge is 2.28. The molecule has 0 aliphatic carbocycles. The van der Waals surface area contributed by atoms with Gasteiger partial charge in [0.25, 0.3) is 11.5 Å². The summed E-state index contributed by atoms with van der Waals surface area (Å²) in [5.74, 6) is -0.0342. The Bertz CT molecular complexity index is 1270. The summed E-state index contributed by atoms with van der Waals surface area (Å²) in [6.07, 6.45) is 6.49. The highest BCUT2D eigenvalue weighted by molar-refractivity contribution is 5.97. The summed E-state index contributed by atoms with van der Waals surface area (Å²) < 4.78 is 1.24. The second-order valence-corrected chi connectivity index (χ2v) is 9.50. The number of hydrogen-bond acceptors (Lipinski definition) is 4. The van der Waals surface area contributed by atoms with Crippen LogP contribution in [0.4, 0.5) is 0 Å². The van der Waals surface area contributed by atoms with Crippen LogP contribution < -0.4 is 11.2 Å². The van der Waals surface area contributed by atoms with Gasteiger partial charge in [0.2, 0.25) is 0 Å². The number of H-pyrrole nitrogens is 1. The Hall–Kier alpha value is -3.19. The summed E-state index contributed by atoms with van der Waals surface area (Å²) in [4.78, 5) is 46.1. The van der Waals surface area contributed by atoms with Gasteiger partial charge < -0.3 is 14.8 Å². The molecule has 1 aromatic heterocycles. The van der Waals surface area contributed by atoms with E-state index in [4.69, 9.17) is 0 Å². The Morgan fingerprint density at radius 2 is 1.65 bits per heavy atom. The van der Waals surface area contributed by atoms with Crippen LogP contribution in [-0.2, 0) is 13.0 Å². The molecule has 3 heterocycles. The van der Waals surface area contributed by atoms with Crippen molar-refractivity contribution in [3.05, 3.63) is 80.5 Å². The smallest absolute Gasteiger partial charge is 0.328 e. The molecule has 3 aromatic rings. The Labute approximate surface area is 199 Å². The lowest BCUT2D eigenvalue weighted by molar-refractivity contribution is 0.0590. The van der Waals surface area contributed by atoms with E-state index in [2.05, 4.69) is 9.88 Å². The van der Waals surface area contributed by atoms with Crippen LogP contribution in [0.3, 0.4) is 0 Å². The fourth-order valence-electron chi connectivity index (χ4n) is 5.38. The summed E-state index contributed by atoms with van der Waals surface area (Å²) in [7, 11) is 0. The zero-order valence-electron chi connectivity index (χ0n) is 19.5. The van der Waals surface area contributed by atoms with E-state index >= 15 is 0 Å². The van der Waals surface area contributed by atoms with Gasteiger partial charge in [-0.2, -0.15) is 0 Å². The molecule has 0 bridgehead atoms. The van der Waals surface area contributed by atoms with Crippen LogP contribution in [0.15, 0.2) is 58.1 Å². The fourth-order valence-corrected chi connectivity index (χ4v) is 5.38. The first-order chi connectivity index (χ1) is 16.6. The molecule has 2 aliphatic rings. The van der Waals surface area contributed by atoms with E-state index in [1.165, 1.54) is 36.9 Å². The quantitative estimate of drug-likeness (QED) is 0.635. The maximum Gasteiger partial charge on any atom is 0.328 e. The third kappa shape index (κ3) is 4.71. The minimum Gasteiger partial charge on any atom is -0.339 e. The molecule has 2 saturated heterocycles. The van der Waals surface area contributed by atoms with E-state index < -0.39 is 5.69 Å². The number of aryl methyl sites for hydroxylation is 1. The number of aromatic amines is 1. The van der Waals surface area contributed by atoms with E-state index in [-0.39, 0.29) is 11.5 Å². The molecule has 7 nitrogen and oxygen atoms in total. The second kappa shape index (κ2) is 9.97. The fraction of sp³-hybridized carbons (Fsp3) is 0.444. The monoisotopic (exact) mass is 460 g/mol. The van der Waals surface area contributed by atoms with Crippen molar-refractivity contribution in [2.75, 3.05) is 26.2 Å². The van der Waals surface area contributed by atoms with E-state index in [0.717, 1.165) is 31.5 Å².